The van der Waals surface area contributed by atoms with E-state index in [1.165, 1.54) is 27.9 Å². The van der Waals surface area contributed by atoms with Crippen LogP contribution in [0.4, 0.5) is 5.69 Å². The second kappa shape index (κ2) is 6.13. The summed E-state index contributed by atoms with van der Waals surface area (Å²) in [6.45, 7) is 0.801. The smallest absolute Gasteiger partial charge is 0.118 e. The molecule has 3 nitrogen and oxygen atoms in total. The molecule has 0 atom stereocenters. The van der Waals surface area contributed by atoms with Crippen molar-refractivity contribution in [2.24, 2.45) is 0 Å². The summed E-state index contributed by atoms with van der Waals surface area (Å²) in [6, 6.07) is 16.6. The number of methoxy groups -OCH3 is 1. The van der Waals surface area contributed by atoms with Gasteiger partial charge in [-0.1, -0.05) is 30.3 Å². The molecular weight excluding hydrogens is 304 g/mol. The second-order valence-electron chi connectivity index (χ2n) is 5.62. The van der Waals surface area contributed by atoms with Gasteiger partial charge in [0, 0.05) is 34.7 Å². The van der Waals surface area contributed by atoms with Crippen LogP contribution < -0.4 is 10.1 Å². The quantitative estimate of drug-likeness (QED) is 0.761. The Balaban J connectivity index is 1.67. The molecule has 4 rings (SSSR count). The lowest BCUT2D eigenvalue weighted by Gasteiger charge is -2.14. The highest BCUT2D eigenvalue weighted by Crippen LogP contribution is 2.38. The maximum atomic E-state index is 5.22. The maximum Gasteiger partial charge on any atom is 0.118 e. The van der Waals surface area contributed by atoms with Crippen LogP contribution in [0.3, 0.4) is 0 Å². The van der Waals surface area contributed by atoms with E-state index < -0.39 is 0 Å². The number of benzene rings is 2. The third kappa shape index (κ3) is 2.75. The summed E-state index contributed by atoms with van der Waals surface area (Å²) in [4.78, 5) is 4.82. The molecule has 0 saturated heterocycles. The van der Waals surface area contributed by atoms with Gasteiger partial charge in [-0.15, -0.1) is 0 Å². The van der Waals surface area contributed by atoms with Gasteiger partial charge < -0.3 is 10.1 Å². The minimum absolute atomic E-state index is 0.801. The Labute approximate surface area is 140 Å². The number of fused-ring (bicyclic) bond motifs is 2. The normalized spacial score (nSPS) is 13.1. The molecule has 23 heavy (non-hydrogen) atoms. The molecule has 116 valence electrons. The second-order valence-corrected chi connectivity index (χ2v) is 6.61. The molecule has 2 aromatic carbocycles. The molecule has 0 spiro atoms. The molecule has 2 heterocycles. The fourth-order valence-electron chi connectivity index (χ4n) is 2.96. The summed E-state index contributed by atoms with van der Waals surface area (Å²) in [7, 11) is 1.69. The first-order valence-electron chi connectivity index (χ1n) is 7.70. The van der Waals surface area contributed by atoms with E-state index >= 15 is 0 Å². The number of pyridine rings is 1. The van der Waals surface area contributed by atoms with Crippen LogP contribution in [-0.2, 0) is 18.1 Å². The number of hydrogen-bond acceptors (Lipinski definition) is 4. The van der Waals surface area contributed by atoms with Gasteiger partial charge in [0.2, 0.25) is 0 Å². The van der Waals surface area contributed by atoms with Gasteiger partial charge in [-0.3, -0.25) is 4.98 Å². The molecular formula is C19H18N2OS. The van der Waals surface area contributed by atoms with E-state index in [2.05, 4.69) is 41.7 Å². The first kappa shape index (κ1) is 14.4. The van der Waals surface area contributed by atoms with Crippen molar-refractivity contribution in [2.75, 3.05) is 12.4 Å². The number of ether oxygens (including phenoxy) is 1. The van der Waals surface area contributed by atoms with Gasteiger partial charge in [-0.2, -0.15) is 11.8 Å². The fourth-order valence-corrected chi connectivity index (χ4v) is 4.01. The number of nitrogens with one attached hydrogen (secondary N) is 1. The van der Waals surface area contributed by atoms with Crippen molar-refractivity contribution < 1.29 is 4.74 Å². The number of anilines is 1. The summed E-state index contributed by atoms with van der Waals surface area (Å²) in [5.41, 5.74) is 6.15. The van der Waals surface area contributed by atoms with E-state index in [1.54, 1.807) is 7.11 Å². The molecule has 1 aliphatic heterocycles. The molecule has 3 aromatic rings. The first-order chi connectivity index (χ1) is 11.3. The average Bonchev–Trinajstić information content (AvgIpc) is 3.07. The maximum absolute atomic E-state index is 5.22. The van der Waals surface area contributed by atoms with E-state index in [9.17, 15) is 0 Å². The monoisotopic (exact) mass is 322 g/mol. The largest absolute Gasteiger partial charge is 0.497 e. The topological polar surface area (TPSA) is 34.1 Å². The van der Waals surface area contributed by atoms with Gasteiger partial charge in [0.15, 0.2) is 0 Å². The van der Waals surface area contributed by atoms with Gasteiger partial charge in [0.1, 0.15) is 5.75 Å². The van der Waals surface area contributed by atoms with E-state index in [1.807, 2.05) is 23.9 Å². The number of para-hydroxylation sites is 1. The van der Waals surface area contributed by atoms with Gasteiger partial charge in [0.05, 0.1) is 18.3 Å². The number of aromatic nitrogens is 1. The zero-order valence-electron chi connectivity index (χ0n) is 13.0. The van der Waals surface area contributed by atoms with Gasteiger partial charge in [-0.05, 0) is 23.8 Å². The van der Waals surface area contributed by atoms with E-state index in [0.29, 0.717) is 0 Å². The van der Waals surface area contributed by atoms with Gasteiger partial charge in [0.25, 0.3) is 0 Å². The van der Waals surface area contributed by atoms with Crippen molar-refractivity contribution in [1.29, 1.82) is 0 Å². The summed E-state index contributed by atoms with van der Waals surface area (Å²) in [6.07, 6.45) is 0. The SMILES string of the molecule is COc1ccc(CNc2c3c(nc4ccccc24)CSC3)cc1. The van der Waals surface area contributed by atoms with Crippen molar-refractivity contribution in [3.63, 3.8) is 0 Å². The van der Waals surface area contributed by atoms with E-state index in [0.717, 1.165) is 29.3 Å². The molecule has 1 aliphatic rings. The highest BCUT2D eigenvalue weighted by molar-refractivity contribution is 7.98. The molecule has 0 radical (unpaired) electrons. The highest BCUT2D eigenvalue weighted by Gasteiger charge is 2.19. The molecule has 0 amide bonds. The summed E-state index contributed by atoms with van der Waals surface area (Å²) in [5, 5.41) is 4.86. The standard InChI is InChI=1S/C19H18N2OS/c1-22-14-8-6-13(7-9-14)10-20-19-15-4-2-3-5-17(15)21-18-12-23-11-16(18)19/h2-9H,10-12H2,1H3,(H,20,21). The molecule has 0 unspecified atom stereocenters. The highest BCUT2D eigenvalue weighted by atomic mass is 32.2. The molecule has 0 aliphatic carbocycles. The first-order valence-corrected chi connectivity index (χ1v) is 8.85. The summed E-state index contributed by atoms with van der Waals surface area (Å²) in [5.74, 6) is 2.94. The van der Waals surface area contributed by atoms with Crippen LogP contribution in [0.25, 0.3) is 10.9 Å². The van der Waals surface area contributed by atoms with Gasteiger partial charge >= 0.3 is 0 Å². The Morgan fingerprint density at radius 2 is 1.91 bits per heavy atom. The summed E-state index contributed by atoms with van der Waals surface area (Å²) >= 11 is 1.94. The number of nitrogens with zero attached hydrogens (tertiary/aromatic N) is 1. The molecule has 1 N–H and O–H groups in total. The Morgan fingerprint density at radius 1 is 1.09 bits per heavy atom. The van der Waals surface area contributed by atoms with Crippen LogP contribution in [-0.4, -0.2) is 12.1 Å². The van der Waals surface area contributed by atoms with E-state index in [4.69, 9.17) is 9.72 Å². The third-order valence-electron chi connectivity index (χ3n) is 4.19. The lowest BCUT2D eigenvalue weighted by Crippen LogP contribution is -2.04. The van der Waals surface area contributed by atoms with E-state index in [-0.39, 0.29) is 0 Å². The Bertz CT molecular complexity index is 846. The zero-order valence-corrected chi connectivity index (χ0v) is 13.8. The van der Waals surface area contributed by atoms with Crippen LogP contribution in [0.15, 0.2) is 48.5 Å². The van der Waals surface area contributed by atoms with Crippen molar-refractivity contribution in [1.82, 2.24) is 4.98 Å². The molecule has 0 bridgehead atoms. The predicted octanol–water partition coefficient (Wildman–Crippen LogP) is 4.60. The third-order valence-corrected chi connectivity index (χ3v) is 5.16. The fraction of sp³-hybridized carbons (Fsp3) is 0.211. The van der Waals surface area contributed by atoms with Crippen molar-refractivity contribution in [3.8, 4) is 5.75 Å². The van der Waals surface area contributed by atoms with Gasteiger partial charge in [-0.25, -0.2) is 0 Å². The van der Waals surface area contributed by atoms with Crippen LogP contribution in [0.5, 0.6) is 5.75 Å². The van der Waals surface area contributed by atoms with Crippen molar-refractivity contribution >= 4 is 28.4 Å². The molecule has 0 saturated carbocycles. The predicted molar refractivity (Wildman–Crippen MR) is 97.1 cm³/mol. The number of thioether (sulfide) groups is 1. The minimum atomic E-state index is 0.801. The molecule has 1 aromatic heterocycles. The lowest BCUT2D eigenvalue weighted by molar-refractivity contribution is 0.414. The lowest BCUT2D eigenvalue weighted by atomic mass is 10.1. The van der Waals surface area contributed by atoms with Crippen molar-refractivity contribution in [2.45, 2.75) is 18.1 Å². The van der Waals surface area contributed by atoms with Crippen LogP contribution in [0.1, 0.15) is 16.8 Å². The number of rotatable bonds is 4. The minimum Gasteiger partial charge on any atom is -0.497 e. The Hall–Kier alpha value is -2.20. The Morgan fingerprint density at radius 3 is 2.74 bits per heavy atom. The summed E-state index contributed by atoms with van der Waals surface area (Å²) < 4.78 is 5.22. The Kier molecular flexibility index (Phi) is 3.83. The molecule has 0 fully saturated rings. The van der Waals surface area contributed by atoms with Crippen LogP contribution in [0.2, 0.25) is 0 Å². The van der Waals surface area contributed by atoms with Crippen LogP contribution in [0, 0.1) is 0 Å². The van der Waals surface area contributed by atoms with Crippen LogP contribution >= 0.6 is 11.8 Å². The van der Waals surface area contributed by atoms with Crippen molar-refractivity contribution in [3.05, 3.63) is 65.4 Å². The molecule has 4 heteroatoms. The number of hydrogen-bond donors (Lipinski definition) is 1. The zero-order chi connectivity index (χ0) is 15.6. The average molecular weight is 322 g/mol.